The van der Waals surface area contributed by atoms with Crippen LogP contribution in [0.5, 0.6) is 0 Å². The molecule has 0 N–H and O–H groups in total. The fourth-order valence-corrected chi connectivity index (χ4v) is 2.03. The quantitative estimate of drug-likeness (QED) is 0.741. The lowest BCUT2D eigenvalue weighted by molar-refractivity contribution is 0.205. The van der Waals surface area contributed by atoms with E-state index in [0.29, 0.717) is 19.6 Å². The van der Waals surface area contributed by atoms with Crippen LogP contribution in [0.4, 0.5) is 5.13 Å². The van der Waals surface area contributed by atoms with Crippen molar-refractivity contribution in [3.63, 3.8) is 0 Å². The third kappa shape index (κ3) is 3.86. The van der Waals surface area contributed by atoms with E-state index in [2.05, 4.69) is 16.0 Å². The van der Waals surface area contributed by atoms with Crippen LogP contribution < -0.4 is 4.90 Å². The van der Waals surface area contributed by atoms with E-state index in [1.165, 1.54) is 0 Å². The van der Waals surface area contributed by atoms with Gasteiger partial charge in [-0.05, 0) is 6.92 Å². The zero-order valence-corrected chi connectivity index (χ0v) is 9.88. The number of aromatic nitrogens is 1. The Labute approximate surface area is 94.1 Å². The molecule has 0 bridgehead atoms. The molecule has 0 saturated carbocycles. The lowest BCUT2D eigenvalue weighted by atomic mass is 10.4. The normalized spacial score (nSPS) is 9.93. The molecule has 1 heterocycles. The summed E-state index contributed by atoms with van der Waals surface area (Å²) in [6, 6.07) is 2.15. The van der Waals surface area contributed by atoms with Gasteiger partial charge >= 0.3 is 0 Å². The molecule has 82 valence electrons. The molecular formula is C10H15N3OS. The number of anilines is 1. The number of hydrogen-bond donors (Lipinski definition) is 0. The van der Waals surface area contributed by atoms with Crippen LogP contribution >= 0.6 is 11.3 Å². The van der Waals surface area contributed by atoms with Gasteiger partial charge in [0.25, 0.3) is 0 Å². The summed E-state index contributed by atoms with van der Waals surface area (Å²) in [6.07, 6.45) is 0.516. The zero-order valence-electron chi connectivity index (χ0n) is 9.06. The van der Waals surface area contributed by atoms with Crippen molar-refractivity contribution in [2.24, 2.45) is 0 Å². The number of thiazole rings is 1. The van der Waals surface area contributed by atoms with Crippen molar-refractivity contribution in [1.29, 1.82) is 5.26 Å². The van der Waals surface area contributed by atoms with E-state index in [4.69, 9.17) is 10.00 Å². The molecule has 0 aliphatic rings. The molecule has 1 aromatic heterocycles. The highest BCUT2D eigenvalue weighted by Gasteiger charge is 2.09. The van der Waals surface area contributed by atoms with E-state index in [-0.39, 0.29) is 0 Å². The standard InChI is InChI=1S/C10H15N3OS/c1-9-8-15-10(12-9)13(5-3-4-11)6-7-14-2/h8H,3,5-7H2,1-2H3. The number of aryl methyl sites for hydroxylation is 1. The summed E-state index contributed by atoms with van der Waals surface area (Å²) in [5, 5.41) is 11.6. The topological polar surface area (TPSA) is 49.1 Å². The van der Waals surface area contributed by atoms with Crippen LogP contribution in [0, 0.1) is 18.3 Å². The molecule has 0 unspecified atom stereocenters. The number of ether oxygens (including phenoxy) is 1. The smallest absolute Gasteiger partial charge is 0.185 e. The first-order chi connectivity index (χ1) is 7.27. The van der Waals surface area contributed by atoms with Crippen molar-refractivity contribution in [3.8, 4) is 6.07 Å². The first-order valence-corrected chi connectivity index (χ1v) is 5.69. The van der Waals surface area contributed by atoms with Gasteiger partial charge in [-0.25, -0.2) is 4.98 Å². The summed E-state index contributed by atoms with van der Waals surface area (Å²) in [5.41, 5.74) is 1.02. The number of nitriles is 1. The zero-order chi connectivity index (χ0) is 11.1. The molecule has 0 saturated heterocycles. The van der Waals surface area contributed by atoms with Crippen LogP contribution in [-0.4, -0.2) is 31.8 Å². The molecule has 15 heavy (non-hydrogen) atoms. The summed E-state index contributed by atoms with van der Waals surface area (Å²) in [4.78, 5) is 6.48. The fraction of sp³-hybridized carbons (Fsp3) is 0.600. The van der Waals surface area contributed by atoms with Crippen molar-refractivity contribution in [3.05, 3.63) is 11.1 Å². The maximum atomic E-state index is 8.57. The van der Waals surface area contributed by atoms with Gasteiger partial charge in [0.15, 0.2) is 5.13 Å². The van der Waals surface area contributed by atoms with Crippen molar-refractivity contribution in [2.45, 2.75) is 13.3 Å². The Hall–Kier alpha value is -1.12. The number of nitrogens with zero attached hydrogens (tertiary/aromatic N) is 3. The highest BCUT2D eigenvalue weighted by atomic mass is 32.1. The first-order valence-electron chi connectivity index (χ1n) is 4.81. The van der Waals surface area contributed by atoms with Crippen LogP contribution in [0.15, 0.2) is 5.38 Å². The second-order valence-electron chi connectivity index (χ2n) is 3.16. The molecule has 0 radical (unpaired) electrons. The Bertz CT molecular complexity index is 332. The van der Waals surface area contributed by atoms with E-state index in [1.807, 2.05) is 12.3 Å². The summed E-state index contributed by atoms with van der Waals surface area (Å²) in [6.45, 7) is 4.13. The average Bonchev–Trinajstić information content (AvgIpc) is 2.65. The van der Waals surface area contributed by atoms with E-state index in [0.717, 1.165) is 17.4 Å². The third-order valence-electron chi connectivity index (χ3n) is 1.94. The van der Waals surface area contributed by atoms with Gasteiger partial charge in [0.1, 0.15) is 0 Å². The highest BCUT2D eigenvalue weighted by molar-refractivity contribution is 7.13. The molecule has 0 aliphatic heterocycles. The van der Waals surface area contributed by atoms with Gasteiger partial charge in [-0.15, -0.1) is 11.3 Å². The summed E-state index contributed by atoms with van der Waals surface area (Å²) < 4.78 is 5.03. The van der Waals surface area contributed by atoms with Crippen molar-refractivity contribution in [1.82, 2.24) is 4.98 Å². The van der Waals surface area contributed by atoms with Crippen LogP contribution in [-0.2, 0) is 4.74 Å². The molecule has 0 atom stereocenters. The molecule has 4 nitrogen and oxygen atoms in total. The molecule has 0 spiro atoms. The third-order valence-corrected chi connectivity index (χ3v) is 2.96. The van der Waals surface area contributed by atoms with Crippen LogP contribution in [0.1, 0.15) is 12.1 Å². The number of methoxy groups -OCH3 is 1. The first kappa shape index (κ1) is 12.0. The van der Waals surface area contributed by atoms with Crippen molar-refractivity contribution >= 4 is 16.5 Å². The predicted octanol–water partition coefficient (Wildman–Crippen LogP) is 1.82. The van der Waals surface area contributed by atoms with Crippen LogP contribution in [0.2, 0.25) is 0 Å². The molecule has 0 fully saturated rings. The predicted molar refractivity (Wildman–Crippen MR) is 61.2 cm³/mol. The molecule has 0 aliphatic carbocycles. The van der Waals surface area contributed by atoms with Gasteiger partial charge in [-0.1, -0.05) is 0 Å². The van der Waals surface area contributed by atoms with Gasteiger partial charge in [-0.3, -0.25) is 0 Å². The minimum Gasteiger partial charge on any atom is -0.383 e. The second kappa shape index (κ2) is 6.38. The lowest BCUT2D eigenvalue weighted by Gasteiger charge is -2.19. The lowest BCUT2D eigenvalue weighted by Crippen LogP contribution is -2.28. The molecular weight excluding hydrogens is 210 g/mol. The van der Waals surface area contributed by atoms with E-state index >= 15 is 0 Å². The van der Waals surface area contributed by atoms with Gasteiger partial charge in [0.05, 0.1) is 24.8 Å². The summed E-state index contributed by atoms with van der Waals surface area (Å²) in [5.74, 6) is 0. The molecule has 5 heteroatoms. The number of hydrogen-bond acceptors (Lipinski definition) is 5. The molecule has 0 amide bonds. The van der Waals surface area contributed by atoms with E-state index in [9.17, 15) is 0 Å². The SMILES string of the molecule is COCCN(CCC#N)c1nc(C)cs1. The average molecular weight is 225 g/mol. The van der Waals surface area contributed by atoms with Gasteiger partial charge in [-0.2, -0.15) is 5.26 Å². The van der Waals surface area contributed by atoms with Crippen molar-refractivity contribution < 1.29 is 4.74 Å². The maximum Gasteiger partial charge on any atom is 0.185 e. The Balaban J connectivity index is 2.59. The Morgan fingerprint density at radius 3 is 2.93 bits per heavy atom. The monoisotopic (exact) mass is 225 g/mol. The Kier molecular flexibility index (Phi) is 5.08. The van der Waals surface area contributed by atoms with Gasteiger partial charge < -0.3 is 9.64 Å². The van der Waals surface area contributed by atoms with Crippen LogP contribution in [0.3, 0.4) is 0 Å². The van der Waals surface area contributed by atoms with E-state index in [1.54, 1.807) is 18.4 Å². The molecule has 1 rings (SSSR count). The summed E-state index contributed by atoms with van der Waals surface area (Å²) >= 11 is 1.61. The highest BCUT2D eigenvalue weighted by Crippen LogP contribution is 2.19. The maximum absolute atomic E-state index is 8.57. The van der Waals surface area contributed by atoms with Crippen molar-refractivity contribution in [2.75, 3.05) is 31.7 Å². The minimum atomic E-state index is 0.516. The van der Waals surface area contributed by atoms with Crippen LogP contribution in [0.25, 0.3) is 0 Å². The Morgan fingerprint density at radius 1 is 1.60 bits per heavy atom. The van der Waals surface area contributed by atoms with Gasteiger partial charge in [0, 0.05) is 25.6 Å². The fourth-order valence-electron chi connectivity index (χ4n) is 1.18. The largest absolute Gasteiger partial charge is 0.383 e. The minimum absolute atomic E-state index is 0.516. The van der Waals surface area contributed by atoms with E-state index < -0.39 is 0 Å². The van der Waals surface area contributed by atoms with Gasteiger partial charge in [0.2, 0.25) is 0 Å². The molecule has 0 aromatic carbocycles. The summed E-state index contributed by atoms with van der Waals surface area (Å²) in [7, 11) is 1.68. The number of rotatable bonds is 6. The second-order valence-corrected chi connectivity index (χ2v) is 4.00. The Morgan fingerprint density at radius 2 is 2.40 bits per heavy atom. The molecule has 1 aromatic rings.